The Hall–Kier alpha value is -3.20. The molecule has 3 aromatic rings. The van der Waals surface area contributed by atoms with Gasteiger partial charge in [-0.25, -0.2) is 0 Å². The summed E-state index contributed by atoms with van der Waals surface area (Å²) in [6.07, 6.45) is 0.293. The van der Waals surface area contributed by atoms with Crippen molar-refractivity contribution in [1.82, 2.24) is 20.2 Å². The molecule has 0 atom stereocenters. The smallest absolute Gasteiger partial charge is 0.290 e. The highest BCUT2D eigenvalue weighted by molar-refractivity contribution is 7.99. The summed E-state index contributed by atoms with van der Waals surface area (Å²) in [4.78, 5) is 25.7. The van der Waals surface area contributed by atoms with Gasteiger partial charge in [0.25, 0.3) is 11.7 Å². The van der Waals surface area contributed by atoms with Crippen LogP contribution in [0.3, 0.4) is 0 Å². The van der Waals surface area contributed by atoms with Crippen molar-refractivity contribution >= 4 is 29.3 Å². The van der Waals surface area contributed by atoms with Crippen LogP contribution in [-0.4, -0.2) is 37.3 Å². The molecule has 8 nitrogen and oxygen atoms in total. The summed E-state index contributed by atoms with van der Waals surface area (Å²) in [5, 5.41) is 14.6. The van der Waals surface area contributed by atoms with E-state index in [1.54, 1.807) is 36.0 Å². The molecule has 0 unspecified atom stereocenters. The van der Waals surface area contributed by atoms with E-state index in [1.807, 2.05) is 24.3 Å². The molecule has 0 aliphatic rings. The van der Waals surface area contributed by atoms with E-state index in [-0.39, 0.29) is 11.7 Å². The van der Waals surface area contributed by atoms with Crippen molar-refractivity contribution in [2.45, 2.75) is 30.4 Å². The zero-order chi connectivity index (χ0) is 20.1. The lowest BCUT2D eigenvalue weighted by atomic mass is 10.1. The van der Waals surface area contributed by atoms with E-state index in [0.29, 0.717) is 23.0 Å². The molecule has 0 spiro atoms. The maximum absolute atomic E-state index is 12.3. The Morgan fingerprint density at radius 2 is 1.79 bits per heavy atom. The van der Waals surface area contributed by atoms with Gasteiger partial charge in [-0.1, -0.05) is 26.0 Å². The number of tetrazole rings is 1. The Morgan fingerprint density at radius 3 is 2.36 bits per heavy atom. The van der Waals surface area contributed by atoms with Gasteiger partial charge in [-0.2, -0.15) is 0 Å². The first-order valence-corrected chi connectivity index (χ1v) is 9.54. The first kappa shape index (κ1) is 19.6. The van der Waals surface area contributed by atoms with Crippen LogP contribution in [0.5, 0.6) is 0 Å². The number of nitrogens with two attached hydrogens (primary N) is 1. The van der Waals surface area contributed by atoms with Crippen LogP contribution >= 0.6 is 11.8 Å². The van der Waals surface area contributed by atoms with Crippen LogP contribution in [0.1, 0.15) is 30.0 Å². The van der Waals surface area contributed by atoms with Crippen molar-refractivity contribution in [1.29, 1.82) is 0 Å². The van der Waals surface area contributed by atoms with Crippen LogP contribution in [0.25, 0.3) is 5.69 Å². The van der Waals surface area contributed by atoms with Crippen LogP contribution in [-0.2, 0) is 11.2 Å². The molecule has 3 N–H and O–H groups in total. The SMILES string of the molecule is CC(C)Sc1ccc(CC(=O)Nc2ccc(-n3nnc(C(N)=O)n3)cc2)cc1. The van der Waals surface area contributed by atoms with E-state index in [0.717, 1.165) is 5.56 Å². The standard InChI is InChI=1S/C19H20N6O2S/c1-12(2)28-16-9-3-13(4-10-16)11-17(26)21-14-5-7-15(8-6-14)25-23-19(18(20)27)22-24-25/h3-10,12H,11H2,1-2H3,(H2,20,27)(H,21,26). The maximum atomic E-state index is 12.3. The van der Waals surface area contributed by atoms with E-state index in [4.69, 9.17) is 5.73 Å². The molecule has 1 heterocycles. The lowest BCUT2D eigenvalue weighted by Crippen LogP contribution is -2.14. The van der Waals surface area contributed by atoms with Gasteiger partial charge < -0.3 is 11.1 Å². The molecule has 2 aromatic carbocycles. The van der Waals surface area contributed by atoms with Crippen LogP contribution in [0.15, 0.2) is 53.4 Å². The van der Waals surface area contributed by atoms with Gasteiger partial charge >= 0.3 is 0 Å². The second-order valence-electron chi connectivity index (χ2n) is 6.35. The van der Waals surface area contributed by atoms with Crippen LogP contribution in [0, 0.1) is 0 Å². The zero-order valence-electron chi connectivity index (χ0n) is 15.5. The molecule has 28 heavy (non-hydrogen) atoms. The lowest BCUT2D eigenvalue weighted by Gasteiger charge is -2.08. The topological polar surface area (TPSA) is 116 Å². The molecule has 0 saturated carbocycles. The predicted molar refractivity (Wildman–Crippen MR) is 107 cm³/mol. The molecular formula is C19H20N6O2S. The molecule has 0 radical (unpaired) electrons. The number of thioether (sulfide) groups is 1. The van der Waals surface area contributed by atoms with E-state index in [9.17, 15) is 9.59 Å². The lowest BCUT2D eigenvalue weighted by molar-refractivity contribution is -0.115. The third-order valence-corrected chi connectivity index (χ3v) is 4.69. The number of primary amides is 1. The van der Waals surface area contributed by atoms with E-state index >= 15 is 0 Å². The number of nitrogens with one attached hydrogen (secondary N) is 1. The first-order chi connectivity index (χ1) is 13.4. The Bertz CT molecular complexity index is 967. The molecule has 2 amide bonds. The van der Waals surface area contributed by atoms with Crippen LogP contribution < -0.4 is 11.1 Å². The minimum atomic E-state index is -0.744. The van der Waals surface area contributed by atoms with E-state index < -0.39 is 5.91 Å². The van der Waals surface area contributed by atoms with E-state index in [1.165, 1.54) is 9.69 Å². The highest BCUT2D eigenvalue weighted by atomic mass is 32.2. The normalized spacial score (nSPS) is 10.8. The zero-order valence-corrected chi connectivity index (χ0v) is 16.3. The van der Waals surface area contributed by atoms with Crippen molar-refractivity contribution in [3.8, 4) is 5.69 Å². The van der Waals surface area contributed by atoms with Crippen LogP contribution in [0.4, 0.5) is 5.69 Å². The number of rotatable bonds is 7. The van der Waals surface area contributed by atoms with Crippen molar-refractivity contribution in [3.63, 3.8) is 0 Å². The number of amides is 2. The van der Waals surface area contributed by atoms with Gasteiger partial charge in [0, 0.05) is 15.8 Å². The number of carbonyl (C=O) groups is 2. The predicted octanol–water partition coefficient (Wildman–Crippen LogP) is 2.44. The quantitative estimate of drug-likeness (QED) is 0.593. The molecular weight excluding hydrogens is 376 g/mol. The first-order valence-electron chi connectivity index (χ1n) is 8.66. The summed E-state index contributed by atoms with van der Waals surface area (Å²) in [5.41, 5.74) is 7.31. The monoisotopic (exact) mass is 396 g/mol. The molecule has 0 saturated heterocycles. The maximum Gasteiger partial charge on any atom is 0.290 e. The van der Waals surface area contributed by atoms with Gasteiger partial charge in [-0.15, -0.1) is 26.8 Å². The minimum absolute atomic E-state index is 0.105. The molecule has 3 rings (SSSR count). The van der Waals surface area contributed by atoms with Crippen LogP contribution in [0.2, 0.25) is 0 Å². The molecule has 0 aliphatic carbocycles. The largest absolute Gasteiger partial charge is 0.363 e. The number of nitrogens with zero attached hydrogens (tertiary/aromatic N) is 4. The third-order valence-electron chi connectivity index (χ3n) is 3.68. The summed E-state index contributed by atoms with van der Waals surface area (Å²) in [6.45, 7) is 4.29. The summed E-state index contributed by atoms with van der Waals surface area (Å²) in [7, 11) is 0. The number of anilines is 1. The number of hydrogen-bond acceptors (Lipinski definition) is 6. The fraction of sp³-hybridized carbons (Fsp3) is 0.211. The Kier molecular flexibility index (Phi) is 6.05. The highest BCUT2D eigenvalue weighted by Crippen LogP contribution is 2.23. The Balaban J connectivity index is 1.58. The number of carbonyl (C=O) groups excluding carboxylic acids is 2. The van der Waals surface area contributed by atoms with Crippen molar-refractivity contribution in [3.05, 3.63) is 59.9 Å². The summed E-state index contributed by atoms with van der Waals surface area (Å²) in [6, 6.07) is 14.9. The molecule has 0 aliphatic heterocycles. The van der Waals surface area contributed by atoms with Gasteiger partial charge in [0.15, 0.2) is 0 Å². The number of benzene rings is 2. The second-order valence-corrected chi connectivity index (χ2v) is 8.00. The van der Waals surface area contributed by atoms with Gasteiger partial charge in [-0.05, 0) is 47.2 Å². The van der Waals surface area contributed by atoms with Gasteiger partial charge in [0.2, 0.25) is 5.91 Å². The average Bonchev–Trinajstić information content (AvgIpc) is 3.14. The van der Waals surface area contributed by atoms with Gasteiger partial charge in [-0.3, -0.25) is 9.59 Å². The van der Waals surface area contributed by atoms with Crippen molar-refractivity contribution < 1.29 is 9.59 Å². The Morgan fingerprint density at radius 1 is 1.11 bits per heavy atom. The van der Waals surface area contributed by atoms with Gasteiger partial charge in [0.05, 0.1) is 12.1 Å². The molecule has 144 valence electrons. The third kappa shape index (κ3) is 5.17. The molecule has 9 heteroatoms. The van der Waals surface area contributed by atoms with Crippen molar-refractivity contribution in [2.24, 2.45) is 5.73 Å². The molecule has 0 fully saturated rings. The summed E-state index contributed by atoms with van der Waals surface area (Å²) in [5.74, 6) is -1.01. The highest BCUT2D eigenvalue weighted by Gasteiger charge is 2.10. The Labute approximate surface area is 166 Å². The van der Waals surface area contributed by atoms with Crippen molar-refractivity contribution in [2.75, 3.05) is 5.32 Å². The molecule has 1 aromatic heterocycles. The second kappa shape index (κ2) is 8.66. The average molecular weight is 396 g/mol. The van der Waals surface area contributed by atoms with Gasteiger partial charge in [0.1, 0.15) is 0 Å². The summed E-state index contributed by atoms with van der Waals surface area (Å²) < 4.78 is 0. The minimum Gasteiger partial charge on any atom is -0.363 e. The fourth-order valence-electron chi connectivity index (χ4n) is 2.45. The fourth-order valence-corrected chi connectivity index (χ4v) is 3.29. The summed E-state index contributed by atoms with van der Waals surface area (Å²) >= 11 is 1.79. The number of hydrogen-bond donors (Lipinski definition) is 2. The van der Waals surface area contributed by atoms with E-state index in [2.05, 4.69) is 34.6 Å². The molecule has 0 bridgehead atoms. The number of aromatic nitrogens is 4.